The molecule has 1 aliphatic heterocycles. The van der Waals surface area contributed by atoms with Crippen LogP contribution in [0.5, 0.6) is 17.2 Å². The lowest BCUT2D eigenvalue weighted by molar-refractivity contribution is -0.132. The Balaban J connectivity index is 1.58. The second-order valence-electron chi connectivity index (χ2n) is 6.19. The maximum absolute atomic E-state index is 12.4. The maximum atomic E-state index is 12.4. The molecule has 0 unspecified atom stereocenters. The van der Waals surface area contributed by atoms with Gasteiger partial charge >= 0.3 is 0 Å². The molecule has 2 aromatic rings. The van der Waals surface area contributed by atoms with Crippen LogP contribution < -0.4 is 19.5 Å². The van der Waals surface area contributed by atoms with Gasteiger partial charge in [-0.15, -0.1) is 0 Å². The quantitative estimate of drug-likeness (QED) is 0.845. The Labute approximate surface area is 157 Å². The molecule has 1 heterocycles. The van der Waals surface area contributed by atoms with Crippen LogP contribution in [0.1, 0.15) is 12.5 Å². The van der Waals surface area contributed by atoms with Crippen LogP contribution in [0.3, 0.4) is 0 Å². The fourth-order valence-corrected chi connectivity index (χ4v) is 2.68. The van der Waals surface area contributed by atoms with E-state index in [-0.39, 0.29) is 18.4 Å². The van der Waals surface area contributed by atoms with Crippen molar-refractivity contribution in [3.8, 4) is 17.2 Å². The zero-order valence-corrected chi connectivity index (χ0v) is 15.4. The Morgan fingerprint density at radius 1 is 1.11 bits per heavy atom. The summed E-state index contributed by atoms with van der Waals surface area (Å²) in [5.41, 5.74) is 1.47. The summed E-state index contributed by atoms with van der Waals surface area (Å²) >= 11 is 0. The van der Waals surface area contributed by atoms with E-state index in [0.717, 1.165) is 11.3 Å². The predicted molar refractivity (Wildman–Crippen MR) is 100 cm³/mol. The van der Waals surface area contributed by atoms with Crippen molar-refractivity contribution in [3.63, 3.8) is 0 Å². The number of nitrogens with one attached hydrogen (secondary N) is 1. The van der Waals surface area contributed by atoms with Gasteiger partial charge in [-0.05, 0) is 29.8 Å². The van der Waals surface area contributed by atoms with Crippen molar-refractivity contribution in [2.75, 3.05) is 32.2 Å². The summed E-state index contributed by atoms with van der Waals surface area (Å²) in [6.45, 7) is 2.78. The molecule has 0 saturated heterocycles. The van der Waals surface area contributed by atoms with Gasteiger partial charge in [0.15, 0.2) is 18.1 Å². The zero-order valence-electron chi connectivity index (χ0n) is 15.4. The predicted octanol–water partition coefficient (Wildman–Crippen LogP) is 2.45. The van der Waals surface area contributed by atoms with Gasteiger partial charge < -0.3 is 24.4 Å². The summed E-state index contributed by atoms with van der Waals surface area (Å²) in [5, 5.41) is 2.68. The van der Waals surface area contributed by atoms with Crippen molar-refractivity contribution in [2.45, 2.75) is 13.5 Å². The van der Waals surface area contributed by atoms with E-state index >= 15 is 0 Å². The van der Waals surface area contributed by atoms with Gasteiger partial charge in [-0.25, -0.2) is 0 Å². The van der Waals surface area contributed by atoms with Gasteiger partial charge in [0, 0.05) is 20.5 Å². The van der Waals surface area contributed by atoms with Crippen LogP contribution >= 0.6 is 0 Å². The molecule has 1 aliphatic rings. The van der Waals surface area contributed by atoms with Crippen LogP contribution in [0.25, 0.3) is 0 Å². The van der Waals surface area contributed by atoms with Crippen molar-refractivity contribution < 1.29 is 23.8 Å². The lowest BCUT2D eigenvalue weighted by atomic mass is 10.2. The average molecular weight is 370 g/mol. The molecular weight excluding hydrogens is 348 g/mol. The zero-order chi connectivity index (χ0) is 19.2. The van der Waals surface area contributed by atoms with Gasteiger partial charge in [-0.3, -0.25) is 9.59 Å². The number of carbonyl (C=O) groups excluding carboxylic acids is 2. The summed E-state index contributed by atoms with van der Waals surface area (Å²) in [5.74, 6) is 1.49. The number of benzene rings is 2. The number of hydrogen-bond acceptors (Lipinski definition) is 5. The van der Waals surface area contributed by atoms with Crippen molar-refractivity contribution >= 4 is 17.5 Å². The first-order valence-electron chi connectivity index (χ1n) is 8.65. The van der Waals surface area contributed by atoms with E-state index in [4.69, 9.17) is 14.2 Å². The van der Waals surface area contributed by atoms with E-state index in [1.165, 1.54) is 6.92 Å². The second kappa shape index (κ2) is 8.44. The van der Waals surface area contributed by atoms with Gasteiger partial charge in [0.2, 0.25) is 5.91 Å². The van der Waals surface area contributed by atoms with Gasteiger partial charge in [0.25, 0.3) is 5.91 Å². The minimum absolute atomic E-state index is 0.127. The third kappa shape index (κ3) is 4.91. The van der Waals surface area contributed by atoms with Gasteiger partial charge in [-0.1, -0.05) is 18.2 Å². The highest BCUT2D eigenvalue weighted by Gasteiger charge is 2.15. The number of rotatable bonds is 6. The third-order valence-electron chi connectivity index (χ3n) is 4.00. The molecule has 0 fully saturated rings. The fraction of sp³-hybridized carbons (Fsp3) is 0.300. The van der Waals surface area contributed by atoms with E-state index in [1.807, 2.05) is 18.2 Å². The summed E-state index contributed by atoms with van der Waals surface area (Å²) < 4.78 is 16.7. The molecule has 7 nitrogen and oxygen atoms in total. The Kier molecular flexibility index (Phi) is 5.80. The summed E-state index contributed by atoms with van der Waals surface area (Å²) in [7, 11) is 1.71. The van der Waals surface area contributed by atoms with Crippen molar-refractivity contribution in [1.82, 2.24) is 4.90 Å². The molecule has 0 saturated carbocycles. The van der Waals surface area contributed by atoms with Gasteiger partial charge in [-0.2, -0.15) is 0 Å². The standard InChI is InChI=1S/C20H22N2O5/c1-14(23)21-16-5-3-4-6-17(16)27-13-20(24)22(2)12-15-7-8-18-19(11-15)26-10-9-25-18/h3-8,11H,9-10,12-13H2,1-2H3,(H,21,23). The highest BCUT2D eigenvalue weighted by Crippen LogP contribution is 2.31. The molecule has 0 aromatic heterocycles. The Hall–Kier alpha value is -3.22. The molecule has 0 aliphatic carbocycles. The first kappa shape index (κ1) is 18.6. The van der Waals surface area contributed by atoms with Crippen molar-refractivity contribution in [2.24, 2.45) is 0 Å². The van der Waals surface area contributed by atoms with Crippen molar-refractivity contribution in [1.29, 1.82) is 0 Å². The largest absolute Gasteiger partial charge is 0.486 e. The number of para-hydroxylation sites is 2. The highest BCUT2D eigenvalue weighted by atomic mass is 16.6. The average Bonchev–Trinajstić information content (AvgIpc) is 2.66. The number of ether oxygens (including phenoxy) is 3. The molecule has 3 rings (SSSR count). The molecule has 7 heteroatoms. The molecule has 0 spiro atoms. The fourth-order valence-electron chi connectivity index (χ4n) is 2.68. The Morgan fingerprint density at radius 2 is 1.85 bits per heavy atom. The number of carbonyl (C=O) groups is 2. The van der Waals surface area contributed by atoms with Crippen LogP contribution in [0.4, 0.5) is 5.69 Å². The summed E-state index contributed by atoms with van der Waals surface area (Å²) in [6, 6.07) is 12.6. The lowest BCUT2D eigenvalue weighted by Crippen LogP contribution is -2.31. The van der Waals surface area contributed by atoms with Crippen LogP contribution in [0, 0.1) is 0 Å². The van der Waals surface area contributed by atoms with E-state index in [0.29, 0.717) is 36.9 Å². The van der Waals surface area contributed by atoms with E-state index in [1.54, 1.807) is 36.2 Å². The van der Waals surface area contributed by atoms with Crippen LogP contribution in [0.15, 0.2) is 42.5 Å². The van der Waals surface area contributed by atoms with Gasteiger partial charge in [0.1, 0.15) is 19.0 Å². The molecule has 0 radical (unpaired) electrons. The number of likely N-dealkylation sites (N-methyl/N-ethyl adjacent to an activating group) is 1. The minimum atomic E-state index is -0.201. The molecule has 0 bridgehead atoms. The molecule has 2 aromatic carbocycles. The number of amides is 2. The first-order valence-corrected chi connectivity index (χ1v) is 8.65. The first-order chi connectivity index (χ1) is 13.0. The maximum Gasteiger partial charge on any atom is 0.260 e. The van der Waals surface area contributed by atoms with Crippen LogP contribution in [0.2, 0.25) is 0 Å². The molecule has 2 amide bonds. The monoisotopic (exact) mass is 370 g/mol. The molecule has 1 N–H and O–H groups in total. The van der Waals surface area contributed by atoms with E-state index < -0.39 is 0 Å². The third-order valence-corrected chi connectivity index (χ3v) is 4.00. The number of anilines is 1. The SMILES string of the molecule is CC(=O)Nc1ccccc1OCC(=O)N(C)Cc1ccc2c(c1)OCCO2. The second-order valence-corrected chi connectivity index (χ2v) is 6.19. The van der Waals surface area contributed by atoms with E-state index in [9.17, 15) is 9.59 Å². The topological polar surface area (TPSA) is 77.1 Å². The number of nitrogens with zero attached hydrogens (tertiary/aromatic N) is 1. The normalized spacial score (nSPS) is 12.2. The minimum Gasteiger partial charge on any atom is -0.486 e. The van der Waals surface area contributed by atoms with Gasteiger partial charge in [0.05, 0.1) is 5.69 Å². The van der Waals surface area contributed by atoms with Crippen LogP contribution in [-0.4, -0.2) is 43.6 Å². The summed E-state index contributed by atoms with van der Waals surface area (Å²) in [6.07, 6.45) is 0. The molecule has 27 heavy (non-hydrogen) atoms. The van der Waals surface area contributed by atoms with E-state index in [2.05, 4.69) is 5.32 Å². The van der Waals surface area contributed by atoms with Crippen LogP contribution in [-0.2, 0) is 16.1 Å². The molecular formula is C20H22N2O5. The summed E-state index contributed by atoms with van der Waals surface area (Å²) in [4.78, 5) is 25.2. The smallest absolute Gasteiger partial charge is 0.260 e. The lowest BCUT2D eigenvalue weighted by Gasteiger charge is -2.21. The molecule has 142 valence electrons. The van der Waals surface area contributed by atoms with Crippen molar-refractivity contribution in [3.05, 3.63) is 48.0 Å². The number of fused-ring (bicyclic) bond motifs is 1. The number of hydrogen-bond donors (Lipinski definition) is 1. The Morgan fingerprint density at radius 3 is 2.63 bits per heavy atom. The highest BCUT2D eigenvalue weighted by molar-refractivity contribution is 5.90. The molecule has 0 atom stereocenters. The Bertz CT molecular complexity index is 837.